The smallest absolute Gasteiger partial charge is 0.233 e. The molecule has 0 aromatic heterocycles. The monoisotopic (exact) mass is 296 g/mol. The van der Waals surface area contributed by atoms with Gasteiger partial charge in [0, 0.05) is 39.3 Å². The number of amides is 1. The molecule has 0 spiro atoms. The molecule has 122 valence electrons. The van der Waals surface area contributed by atoms with Crippen LogP contribution in [-0.4, -0.2) is 74.6 Å². The summed E-state index contributed by atoms with van der Waals surface area (Å²) in [6.07, 6.45) is 2.66. The summed E-state index contributed by atoms with van der Waals surface area (Å²) in [4.78, 5) is 16.7. The number of likely N-dealkylation sites (N-methyl/N-ethyl adjacent to an activating group) is 1. The van der Waals surface area contributed by atoms with Crippen molar-refractivity contribution in [2.24, 2.45) is 11.8 Å². The van der Waals surface area contributed by atoms with Crippen molar-refractivity contribution in [2.45, 2.75) is 26.7 Å². The summed E-state index contributed by atoms with van der Waals surface area (Å²) in [5.41, 5.74) is 0. The van der Waals surface area contributed by atoms with Crippen molar-refractivity contribution in [3.8, 4) is 0 Å². The molecule has 1 atom stereocenters. The number of carbonyl (C=O) groups is 1. The summed E-state index contributed by atoms with van der Waals surface area (Å²) in [6.45, 7) is 13.7. The van der Waals surface area contributed by atoms with Gasteiger partial charge < -0.3 is 20.4 Å². The molecule has 1 unspecified atom stereocenters. The summed E-state index contributed by atoms with van der Waals surface area (Å²) in [5, 5.41) is 6.28. The molecule has 0 aromatic rings. The molecule has 1 heterocycles. The molecule has 0 radical (unpaired) electrons. The van der Waals surface area contributed by atoms with Gasteiger partial charge in [0.05, 0.1) is 6.54 Å². The SMILES string of the molecule is CCN1CCN(CC(C)CNC(=O)CNCC2CC2)CC1. The van der Waals surface area contributed by atoms with E-state index in [-0.39, 0.29) is 5.91 Å². The lowest BCUT2D eigenvalue weighted by molar-refractivity contribution is -0.120. The van der Waals surface area contributed by atoms with Gasteiger partial charge in [0.25, 0.3) is 0 Å². The van der Waals surface area contributed by atoms with Gasteiger partial charge in [-0.15, -0.1) is 0 Å². The molecular formula is C16H32N4O. The van der Waals surface area contributed by atoms with Crippen molar-refractivity contribution in [3.63, 3.8) is 0 Å². The second-order valence-corrected chi connectivity index (χ2v) is 6.72. The Morgan fingerprint density at radius 1 is 1.19 bits per heavy atom. The molecular weight excluding hydrogens is 264 g/mol. The number of hydrogen-bond donors (Lipinski definition) is 2. The van der Waals surface area contributed by atoms with E-state index in [4.69, 9.17) is 0 Å². The second kappa shape index (κ2) is 8.71. The fraction of sp³-hybridized carbons (Fsp3) is 0.938. The fourth-order valence-corrected chi connectivity index (χ4v) is 2.86. The highest BCUT2D eigenvalue weighted by Crippen LogP contribution is 2.27. The minimum atomic E-state index is 0.137. The third kappa shape index (κ3) is 6.76. The Kier molecular flexibility index (Phi) is 6.93. The second-order valence-electron chi connectivity index (χ2n) is 6.72. The van der Waals surface area contributed by atoms with Gasteiger partial charge >= 0.3 is 0 Å². The van der Waals surface area contributed by atoms with Crippen LogP contribution in [-0.2, 0) is 4.79 Å². The van der Waals surface area contributed by atoms with E-state index >= 15 is 0 Å². The lowest BCUT2D eigenvalue weighted by Crippen LogP contribution is -2.48. The van der Waals surface area contributed by atoms with Gasteiger partial charge in [-0.1, -0.05) is 13.8 Å². The third-order valence-electron chi connectivity index (χ3n) is 4.55. The quantitative estimate of drug-likeness (QED) is 0.646. The minimum Gasteiger partial charge on any atom is -0.355 e. The van der Waals surface area contributed by atoms with E-state index in [0.29, 0.717) is 12.5 Å². The maximum Gasteiger partial charge on any atom is 0.233 e. The lowest BCUT2D eigenvalue weighted by atomic mass is 10.1. The Balaban J connectivity index is 1.50. The molecule has 5 heteroatoms. The maximum atomic E-state index is 11.7. The molecule has 1 saturated carbocycles. The van der Waals surface area contributed by atoms with E-state index in [2.05, 4.69) is 34.3 Å². The van der Waals surface area contributed by atoms with Gasteiger partial charge in [0.1, 0.15) is 0 Å². The van der Waals surface area contributed by atoms with E-state index in [9.17, 15) is 4.79 Å². The predicted molar refractivity (Wildman–Crippen MR) is 86.3 cm³/mol. The lowest BCUT2D eigenvalue weighted by Gasteiger charge is -2.35. The number of carbonyl (C=O) groups excluding carboxylic acids is 1. The van der Waals surface area contributed by atoms with Crippen LogP contribution in [0.2, 0.25) is 0 Å². The molecule has 1 amide bonds. The van der Waals surface area contributed by atoms with E-state index in [1.807, 2.05) is 0 Å². The molecule has 0 aromatic carbocycles. The first-order chi connectivity index (χ1) is 10.2. The summed E-state index contributed by atoms with van der Waals surface area (Å²) in [6, 6.07) is 0. The first-order valence-corrected chi connectivity index (χ1v) is 8.59. The van der Waals surface area contributed by atoms with Gasteiger partial charge in [-0.25, -0.2) is 0 Å². The van der Waals surface area contributed by atoms with Crippen LogP contribution < -0.4 is 10.6 Å². The Morgan fingerprint density at radius 3 is 2.48 bits per heavy atom. The van der Waals surface area contributed by atoms with Gasteiger partial charge in [0.15, 0.2) is 0 Å². The fourth-order valence-electron chi connectivity index (χ4n) is 2.86. The number of nitrogens with one attached hydrogen (secondary N) is 2. The van der Waals surface area contributed by atoms with Crippen LogP contribution in [0, 0.1) is 11.8 Å². The molecule has 1 aliphatic heterocycles. The standard InChI is InChI=1S/C16H32N4O/c1-3-19-6-8-20(9-7-19)13-14(2)10-18-16(21)12-17-11-15-4-5-15/h14-15,17H,3-13H2,1-2H3,(H,18,21). The predicted octanol–water partition coefficient (Wildman–Crippen LogP) is 0.376. The van der Waals surface area contributed by atoms with Crippen LogP contribution in [0.25, 0.3) is 0 Å². The minimum absolute atomic E-state index is 0.137. The first kappa shape index (κ1) is 16.7. The molecule has 2 rings (SSSR count). The van der Waals surface area contributed by atoms with Crippen molar-refractivity contribution in [2.75, 3.05) is 58.9 Å². The van der Waals surface area contributed by atoms with Gasteiger partial charge in [-0.05, 0) is 37.8 Å². The third-order valence-corrected chi connectivity index (χ3v) is 4.55. The summed E-state index contributed by atoms with van der Waals surface area (Å²) in [7, 11) is 0. The Hall–Kier alpha value is -0.650. The van der Waals surface area contributed by atoms with Crippen molar-refractivity contribution >= 4 is 5.91 Å². The maximum absolute atomic E-state index is 11.7. The van der Waals surface area contributed by atoms with Crippen LogP contribution in [0.15, 0.2) is 0 Å². The average molecular weight is 296 g/mol. The van der Waals surface area contributed by atoms with Crippen molar-refractivity contribution in [1.82, 2.24) is 20.4 Å². The highest BCUT2D eigenvalue weighted by Gasteiger charge is 2.21. The van der Waals surface area contributed by atoms with Gasteiger partial charge in [-0.3, -0.25) is 4.79 Å². The molecule has 2 fully saturated rings. The highest BCUT2D eigenvalue weighted by atomic mass is 16.1. The van der Waals surface area contributed by atoms with Gasteiger partial charge in [0.2, 0.25) is 5.91 Å². The summed E-state index contributed by atoms with van der Waals surface area (Å²) >= 11 is 0. The van der Waals surface area contributed by atoms with Crippen molar-refractivity contribution in [3.05, 3.63) is 0 Å². The number of rotatable bonds is 9. The number of piperazine rings is 1. The Morgan fingerprint density at radius 2 is 1.86 bits per heavy atom. The van der Waals surface area contributed by atoms with E-state index in [0.717, 1.165) is 45.2 Å². The molecule has 1 saturated heterocycles. The van der Waals surface area contributed by atoms with Crippen molar-refractivity contribution in [1.29, 1.82) is 0 Å². The van der Waals surface area contributed by atoms with Crippen LogP contribution >= 0.6 is 0 Å². The van der Waals surface area contributed by atoms with E-state index < -0.39 is 0 Å². The zero-order chi connectivity index (χ0) is 15.1. The zero-order valence-electron chi connectivity index (χ0n) is 13.7. The zero-order valence-corrected chi connectivity index (χ0v) is 13.7. The highest BCUT2D eigenvalue weighted by molar-refractivity contribution is 5.77. The molecule has 21 heavy (non-hydrogen) atoms. The van der Waals surface area contributed by atoms with Crippen LogP contribution in [0.3, 0.4) is 0 Å². The van der Waals surface area contributed by atoms with Crippen LogP contribution in [0.1, 0.15) is 26.7 Å². The summed E-state index contributed by atoms with van der Waals surface area (Å²) in [5.74, 6) is 1.49. The Labute approximate surface area is 129 Å². The molecule has 1 aliphatic carbocycles. The molecule has 2 N–H and O–H groups in total. The summed E-state index contributed by atoms with van der Waals surface area (Å²) < 4.78 is 0. The normalized spacial score (nSPS) is 22.2. The number of hydrogen-bond acceptors (Lipinski definition) is 4. The van der Waals surface area contributed by atoms with E-state index in [1.54, 1.807) is 0 Å². The van der Waals surface area contributed by atoms with Crippen molar-refractivity contribution < 1.29 is 4.79 Å². The first-order valence-electron chi connectivity index (χ1n) is 8.59. The molecule has 2 aliphatic rings. The van der Waals surface area contributed by atoms with Crippen LogP contribution in [0.4, 0.5) is 0 Å². The average Bonchev–Trinajstić information content (AvgIpc) is 3.30. The van der Waals surface area contributed by atoms with Gasteiger partial charge in [-0.2, -0.15) is 0 Å². The Bertz CT molecular complexity index is 311. The molecule has 5 nitrogen and oxygen atoms in total. The van der Waals surface area contributed by atoms with Crippen LogP contribution in [0.5, 0.6) is 0 Å². The topological polar surface area (TPSA) is 47.6 Å². The number of nitrogens with zero attached hydrogens (tertiary/aromatic N) is 2. The molecule has 0 bridgehead atoms. The van der Waals surface area contributed by atoms with E-state index in [1.165, 1.54) is 25.9 Å². The largest absolute Gasteiger partial charge is 0.355 e.